The third-order valence-electron chi connectivity index (χ3n) is 2.16. The van der Waals surface area contributed by atoms with Crippen molar-refractivity contribution in [2.75, 3.05) is 7.05 Å². The van der Waals surface area contributed by atoms with E-state index in [4.69, 9.17) is 0 Å². The molecule has 0 saturated carbocycles. The minimum atomic E-state index is -0.604. The lowest BCUT2D eigenvalue weighted by molar-refractivity contribution is 0.584. The lowest BCUT2D eigenvalue weighted by Crippen LogP contribution is -2.04. The summed E-state index contributed by atoms with van der Waals surface area (Å²) in [5.41, 5.74) is 1.82. The number of hydrogen-bond acceptors (Lipinski definition) is 2. The van der Waals surface area contributed by atoms with Gasteiger partial charge in [0.05, 0.1) is 5.69 Å². The van der Waals surface area contributed by atoms with Gasteiger partial charge < -0.3 is 5.32 Å². The van der Waals surface area contributed by atoms with Crippen molar-refractivity contribution in [2.24, 2.45) is 0 Å². The summed E-state index contributed by atoms with van der Waals surface area (Å²) in [6, 6.07) is 5.10. The number of benzene rings is 1. The molecule has 1 heterocycles. The summed E-state index contributed by atoms with van der Waals surface area (Å²) in [6.07, 6.45) is 0. The fourth-order valence-electron chi connectivity index (χ4n) is 1.49. The van der Waals surface area contributed by atoms with Gasteiger partial charge in [0.1, 0.15) is 11.6 Å². The van der Waals surface area contributed by atoms with Gasteiger partial charge in [-0.2, -0.15) is 5.10 Å². The Hall–Kier alpha value is -1.75. The molecule has 0 amide bonds. The Morgan fingerprint density at radius 2 is 1.88 bits per heavy atom. The number of nitrogens with zero attached hydrogens (tertiary/aromatic N) is 1. The first kappa shape index (κ1) is 10.8. The Balaban J connectivity index is 2.34. The van der Waals surface area contributed by atoms with Crippen LogP contribution in [-0.4, -0.2) is 17.2 Å². The standard InChI is InChI=1S/C11H11F2N3/c1-14-6-10-5-11(16-15-10)7-2-8(12)4-9(13)3-7/h2-5,14H,6H2,1H3,(H,15,16). The predicted octanol–water partition coefficient (Wildman–Crippen LogP) is 2.07. The Labute approximate surface area is 91.5 Å². The Morgan fingerprint density at radius 1 is 1.19 bits per heavy atom. The van der Waals surface area contributed by atoms with Gasteiger partial charge in [0.2, 0.25) is 0 Å². The Kier molecular flexibility index (Phi) is 2.96. The summed E-state index contributed by atoms with van der Waals surface area (Å²) < 4.78 is 26.0. The molecule has 0 aliphatic carbocycles. The van der Waals surface area contributed by atoms with Crippen molar-refractivity contribution < 1.29 is 8.78 Å². The number of nitrogens with one attached hydrogen (secondary N) is 2. The van der Waals surface area contributed by atoms with Gasteiger partial charge in [0.15, 0.2) is 0 Å². The zero-order chi connectivity index (χ0) is 11.5. The first-order valence-corrected chi connectivity index (χ1v) is 4.84. The highest BCUT2D eigenvalue weighted by Crippen LogP contribution is 2.20. The Bertz CT molecular complexity index is 473. The van der Waals surface area contributed by atoms with Crippen LogP contribution in [0.3, 0.4) is 0 Å². The van der Waals surface area contributed by atoms with E-state index < -0.39 is 11.6 Å². The van der Waals surface area contributed by atoms with Gasteiger partial charge in [0.25, 0.3) is 0 Å². The topological polar surface area (TPSA) is 40.7 Å². The van der Waals surface area contributed by atoms with Crippen LogP contribution in [0.4, 0.5) is 8.78 Å². The van der Waals surface area contributed by atoms with Crippen LogP contribution >= 0.6 is 0 Å². The summed E-state index contributed by atoms with van der Waals surface area (Å²) in [5, 5.41) is 9.73. The van der Waals surface area contributed by atoms with E-state index in [1.54, 1.807) is 6.07 Å². The average molecular weight is 223 g/mol. The second-order valence-corrected chi connectivity index (χ2v) is 3.47. The van der Waals surface area contributed by atoms with Crippen molar-refractivity contribution in [3.05, 3.63) is 41.6 Å². The number of halogens is 2. The maximum atomic E-state index is 13.0. The van der Waals surface area contributed by atoms with E-state index in [0.29, 0.717) is 17.8 Å². The van der Waals surface area contributed by atoms with Gasteiger partial charge in [-0.05, 0) is 25.2 Å². The molecule has 3 nitrogen and oxygen atoms in total. The van der Waals surface area contributed by atoms with Crippen LogP contribution in [0.1, 0.15) is 5.69 Å². The van der Waals surface area contributed by atoms with E-state index >= 15 is 0 Å². The van der Waals surface area contributed by atoms with Crippen molar-refractivity contribution in [3.63, 3.8) is 0 Å². The third kappa shape index (κ3) is 2.25. The highest BCUT2D eigenvalue weighted by Gasteiger charge is 2.06. The van der Waals surface area contributed by atoms with Crippen LogP contribution in [0.2, 0.25) is 0 Å². The molecule has 0 spiro atoms. The highest BCUT2D eigenvalue weighted by atomic mass is 19.1. The minimum absolute atomic E-state index is 0.427. The lowest BCUT2D eigenvalue weighted by Gasteiger charge is -1.97. The molecule has 0 saturated heterocycles. The monoisotopic (exact) mass is 223 g/mol. The summed E-state index contributed by atoms with van der Waals surface area (Å²) in [5.74, 6) is -1.21. The quantitative estimate of drug-likeness (QED) is 0.836. The van der Waals surface area contributed by atoms with Gasteiger partial charge in [-0.1, -0.05) is 0 Å². The maximum Gasteiger partial charge on any atom is 0.126 e. The van der Waals surface area contributed by atoms with Gasteiger partial charge >= 0.3 is 0 Å². The summed E-state index contributed by atoms with van der Waals surface area (Å²) in [6.45, 7) is 0.630. The summed E-state index contributed by atoms with van der Waals surface area (Å²) in [4.78, 5) is 0. The molecule has 0 aliphatic heterocycles. The maximum absolute atomic E-state index is 13.0. The molecule has 1 aromatic heterocycles. The van der Waals surface area contributed by atoms with Gasteiger partial charge in [-0.15, -0.1) is 0 Å². The van der Waals surface area contributed by atoms with Crippen LogP contribution < -0.4 is 5.32 Å². The molecule has 0 bridgehead atoms. The predicted molar refractivity (Wildman–Crippen MR) is 56.7 cm³/mol. The largest absolute Gasteiger partial charge is 0.314 e. The van der Waals surface area contributed by atoms with E-state index in [9.17, 15) is 8.78 Å². The fraction of sp³-hybridized carbons (Fsp3) is 0.182. The van der Waals surface area contributed by atoms with Crippen molar-refractivity contribution >= 4 is 0 Å². The van der Waals surface area contributed by atoms with E-state index in [1.807, 2.05) is 7.05 Å². The second-order valence-electron chi connectivity index (χ2n) is 3.47. The molecular formula is C11H11F2N3. The molecule has 0 unspecified atom stereocenters. The van der Waals surface area contributed by atoms with E-state index in [1.165, 1.54) is 12.1 Å². The van der Waals surface area contributed by atoms with Gasteiger partial charge in [-0.25, -0.2) is 8.78 Å². The van der Waals surface area contributed by atoms with Crippen LogP contribution in [0.25, 0.3) is 11.3 Å². The minimum Gasteiger partial charge on any atom is -0.314 e. The number of hydrogen-bond donors (Lipinski definition) is 2. The van der Waals surface area contributed by atoms with Gasteiger partial charge in [-0.3, -0.25) is 5.10 Å². The van der Waals surface area contributed by atoms with Crippen molar-refractivity contribution in [2.45, 2.75) is 6.54 Å². The number of rotatable bonds is 3. The van der Waals surface area contributed by atoms with Crippen LogP contribution in [0.5, 0.6) is 0 Å². The number of aromatic amines is 1. The molecule has 16 heavy (non-hydrogen) atoms. The molecule has 0 fully saturated rings. The smallest absolute Gasteiger partial charge is 0.126 e. The van der Waals surface area contributed by atoms with Crippen LogP contribution in [0.15, 0.2) is 24.3 Å². The molecule has 1 aromatic carbocycles. The summed E-state index contributed by atoms with van der Waals surface area (Å²) >= 11 is 0. The van der Waals surface area contributed by atoms with Crippen LogP contribution in [0, 0.1) is 11.6 Å². The molecule has 5 heteroatoms. The average Bonchev–Trinajstić information content (AvgIpc) is 2.65. The fourth-order valence-corrected chi connectivity index (χ4v) is 1.49. The second kappa shape index (κ2) is 4.40. The lowest BCUT2D eigenvalue weighted by atomic mass is 10.1. The number of H-pyrrole nitrogens is 1. The summed E-state index contributed by atoms with van der Waals surface area (Å²) in [7, 11) is 1.81. The SMILES string of the molecule is CNCc1cc(-c2cc(F)cc(F)c2)n[nH]1. The zero-order valence-corrected chi connectivity index (χ0v) is 8.72. The van der Waals surface area contributed by atoms with Crippen molar-refractivity contribution in [3.8, 4) is 11.3 Å². The zero-order valence-electron chi connectivity index (χ0n) is 8.72. The van der Waals surface area contributed by atoms with Crippen LogP contribution in [-0.2, 0) is 6.54 Å². The molecule has 2 rings (SSSR count). The first-order valence-electron chi connectivity index (χ1n) is 4.84. The van der Waals surface area contributed by atoms with Gasteiger partial charge in [0, 0.05) is 23.9 Å². The van der Waals surface area contributed by atoms with E-state index in [2.05, 4.69) is 15.5 Å². The normalized spacial score (nSPS) is 10.7. The molecule has 2 aromatic rings. The van der Waals surface area contributed by atoms with Crippen molar-refractivity contribution in [1.82, 2.24) is 15.5 Å². The first-order chi connectivity index (χ1) is 7.69. The molecule has 0 aliphatic rings. The van der Waals surface area contributed by atoms with E-state index in [0.717, 1.165) is 11.8 Å². The molecule has 0 atom stereocenters. The highest BCUT2D eigenvalue weighted by molar-refractivity contribution is 5.59. The molecule has 2 N–H and O–H groups in total. The third-order valence-corrected chi connectivity index (χ3v) is 2.16. The molecule has 0 radical (unpaired) electrons. The molecular weight excluding hydrogens is 212 g/mol. The van der Waals surface area contributed by atoms with Crippen molar-refractivity contribution in [1.29, 1.82) is 0 Å². The Morgan fingerprint density at radius 3 is 2.50 bits per heavy atom. The molecule has 84 valence electrons. The number of aromatic nitrogens is 2. The van der Waals surface area contributed by atoms with E-state index in [-0.39, 0.29) is 0 Å².